The summed E-state index contributed by atoms with van der Waals surface area (Å²) in [7, 11) is 0. The number of aliphatic hydroxyl groups is 1. The second-order valence-electron chi connectivity index (χ2n) is 9.84. The van der Waals surface area contributed by atoms with Crippen LogP contribution in [0.2, 0.25) is 0 Å². The van der Waals surface area contributed by atoms with Crippen molar-refractivity contribution in [3.8, 4) is 0 Å². The quantitative estimate of drug-likeness (QED) is 0.132. The molecule has 0 rings (SSSR count). The van der Waals surface area contributed by atoms with E-state index in [2.05, 4.69) is 6.92 Å². The van der Waals surface area contributed by atoms with Crippen molar-refractivity contribution in [3.63, 3.8) is 0 Å². The lowest BCUT2D eigenvalue weighted by Gasteiger charge is -2.06. The normalized spacial score (nSPS) is 12.3. The number of primary amides is 1. The molecule has 0 radical (unpaired) electrons. The lowest BCUT2D eigenvalue weighted by Crippen LogP contribution is -2.27. The molecule has 1 amide bonds. The van der Waals surface area contributed by atoms with E-state index in [4.69, 9.17) is 5.73 Å². The van der Waals surface area contributed by atoms with Gasteiger partial charge in [-0.05, 0) is 6.42 Å². The molecule has 0 aromatic rings. The zero-order valence-electron chi connectivity index (χ0n) is 21.2. The molecule has 3 heteroatoms. The van der Waals surface area contributed by atoms with Gasteiger partial charge in [0, 0.05) is 0 Å². The van der Waals surface area contributed by atoms with E-state index in [9.17, 15) is 9.90 Å². The van der Waals surface area contributed by atoms with Crippen LogP contribution < -0.4 is 5.73 Å². The summed E-state index contributed by atoms with van der Waals surface area (Å²) >= 11 is 0. The molecule has 0 spiro atoms. The van der Waals surface area contributed by atoms with Crippen LogP contribution in [0.15, 0.2) is 0 Å². The molecule has 1 unspecified atom stereocenters. The summed E-state index contributed by atoms with van der Waals surface area (Å²) in [5.74, 6) is -0.589. The maximum Gasteiger partial charge on any atom is 0.246 e. The summed E-state index contributed by atoms with van der Waals surface area (Å²) in [5, 5.41) is 9.33. The largest absolute Gasteiger partial charge is 0.383 e. The fraction of sp³-hybridized carbons (Fsp3) is 0.964. The van der Waals surface area contributed by atoms with Crippen LogP contribution in [-0.4, -0.2) is 17.1 Å². The van der Waals surface area contributed by atoms with Crippen LogP contribution in [0, 0.1) is 0 Å². The molecular weight excluding hydrogens is 382 g/mol. The van der Waals surface area contributed by atoms with Crippen LogP contribution in [0.5, 0.6) is 0 Å². The molecule has 1 atom stereocenters. The number of aliphatic hydroxyl groups excluding tert-OH is 1. The molecule has 0 fully saturated rings. The second-order valence-corrected chi connectivity index (χ2v) is 9.84. The van der Waals surface area contributed by atoms with Gasteiger partial charge >= 0.3 is 0 Å². The molecule has 186 valence electrons. The van der Waals surface area contributed by atoms with E-state index in [1.165, 1.54) is 141 Å². The summed E-state index contributed by atoms with van der Waals surface area (Å²) < 4.78 is 0. The molecule has 31 heavy (non-hydrogen) atoms. The molecule has 0 bridgehead atoms. The summed E-state index contributed by atoms with van der Waals surface area (Å²) in [4.78, 5) is 10.7. The number of carbonyl (C=O) groups is 1. The molecule has 0 heterocycles. The molecule has 0 aliphatic carbocycles. The Kier molecular flexibility index (Phi) is 25.2. The van der Waals surface area contributed by atoms with Crippen molar-refractivity contribution < 1.29 is 9.90 Å². The Bertz CT molecular complexity index is 359. The maximum atomic E-state index is 10.7. The lowest BCUT2D eigenvalue weighted by molar-refractivity contribution is -0.126. The topological polar surface area (TPSA) is 63.3 Å². The van der Waals surface area contributed by atoms with Crippen LogP contribution in [0.3, 0.4) is 0 Å². The van der Waals surface area contributed by atoms with E-state index in [0.717, 1.165) is 12.8 Å². The van der Waals surface area contributed by atoms with Gasteiger partial charge in [-0.2, -0.15) is 0 Å². The molecule has 3 nitrogen and oxygen atoms in total. The predicted octanol–water partition coefficient (Wildman–Crippen LogP) is 8.61. The van der Waals surface area contributed by atoms with Crippen molar-refractivity contribution in [2.24, 2.45) is 5.73 Å². The van der Waals surface area contributed by atoms with Crippen molar-refractivity contribution in [2.45, 2.75) is 174 Å². The lowest BCUT2D eigenvalue weighted by atomic mass is 10.0. The first kappa shape index (κ1) is 30.4. The summed E-state index contributed by atoms with van der Waals surface area (Å²) in [6.07, 6.45) is 32.7. The van der Waals surface area contributed by atoms with Gasteiger partial charge in [-0.3, -0.25) is 4.79 Å². The maximum absolute atomic E-state index is 10.7. The van der Waals surface area contributed by atoms with E-state index < -0.39 is 12.0 Å². The first-order chi connectivity index (χ1) is 15.2. The van der Waals surface area contributed by atoms with Gasteiger partial charge in [0.25, 0.3) is 0 Å². The SMILES string of the molecule is CCCCCCCCCCCCCCCCCCCCCCCCCCC(O)C(N)=O. The highest BCUT2D eigenvalue weighted by molar-refractivity contribution is 5.78. The molecule has 0 saturated carbocycles. The zero-order valence-corrected chi connectivity index (χ0v) is 21.2. The average Bonchev–Trinajstić information content (AvgIpc) is 2.76. The van der Waals surface area contributed by atoms with Gasteiger partial charge in [0.2, 0.25) is 5.91 Å². The Labute approximate surface area is 195 Å². The van der Waals surface area contributed by atoms with Crippen molar-refractivity contribution in [1.82, 2.24) is 0 Å². The number of unbranched alkanes of at least 4 members (excludes halogenated alkanes) is 23. The van der Waals surface area contributed by atoms with E-state index in [-0.39, 0.29) is 0 Å². The van der Waals surface area contributed by atoms with Gasteiger partial charge in [-0.25, -0.2) is 0 Å². The highest BCUT2D eigenvalue weighted by Gasteiger charge is 2.09. The van der Waals surface area contributed by atoms with Gasteiger partial charge in [0.1, 0.15) is 6.10 Å². The van der Waals surface area contributed by atoms with Crippen LogP contribution in [0.25, 0.3) is 0 Å². The van der Waals surface area contributed by atoms with Crippen molar-refractivity contribution >= 4 is 5.91 Å². The fourth-order valence-electron chi connectivity index (χ4n) is 4.44. The van der Waals surface area contributed by atoms with Crippen LogP contribution >= 0.6 is 0 Å². The van der Waals surface area contributed by atoms with Crippen molar-refractivity contribution in [3.05, 3.63) is 0 Å². The number of rotatable bonds is 26. The third-order valence-corrected chi connectivity index (χ3v) is 6.66. The Hall–Kier alpha value is -0.570. The average molecular weight is 440 g/mol. The van der Waals surface area contributed by atoms with Gasteiger partial charge in [-0.15, -0.1) is 0 Å². The minimum atomic E-state index is -0.945. The monoisotopic (exact) mass is 439 g/mol. The minimum Gasteiger partial charge on any atom is -0.383 e. The standard InChI is InChI=1S/C28H57NO2/c1-2-3-4-5-6-7-8-9-10-11-12-13-14-15-16-17-18-19-20-21-22-23-24-25-26-27(30)28(29)31/h27,30H,2-26H2,1H3,(H2,29,31). The number of carbonyl (C=O) groups excluding carboxylic acids is 1. The number of hydrogen-bond donors (Lipinski definition) is 2. The second kappa shape index (κ2) is 25.7. The molecule has 0 aliphatic rings. The van der Waals surface area contributed by atoms with Gasteiger partial charge in [0.15, 0.2) is 0 Å². The molecular formula is C28H57NO2. The molecule has 0 saturated heterocycles. The third-order valence-electron chi connectivity index (χ3n) is 6.66. The minimum absolute atomic E-state index is 0.522. The van der Waals surface area contributed by atoms with Crippen molar-refractivity contribution in [2.75, 3.05) is 0 Å². The molecule has 3 N–H and O–H groups in total. The highest BCUT2D eigenvalue weighted by Crippen LogP contribution is 2.15. The Balaban J connectivity index is 3.04. The van der Waals surface area contributed by atoms with E-state index in [1.54, 1.807) is 0 Å². The van der Waals surface area contributed by atoms with E-state index in [1.807, 2.05) is 0 Å². The smallest absolute Gasteiger partial charge is 0.246 e. The fourth-order valence-corrected chi connectivity index (χ4v) is 4.44. The van der Waals surface area contributed by atoms with Crippen LogP contribution in [0.1, 0.15) is 167 Å². The third kappa shape index (κ3) is 25.6. The van der Waals surface area contributed by atoms with Gasteiger partial charge in [0.05, 0.1) is 0 Å². The molecule has 0 aliphatic heterocycles. The predicted molar refractivity (Wildman–Crippen MR) is 136 cm³/mol. The number of amides is 1. The van der Waals surface area contributed by atoms with Crippen molar-refractivity contribution in [1.29, 1.82) is 0 Å². The zero-order chi connectivity index (χ0) is 22.8. The Morgan fingerprint density at radius 1 is 0.516 bits per heavy atom. The summed E-state index contributed by atoms with van der Waals surface area (Å²) in [6, 6.07) is 0. The van der Waals surface area contributed by atoms with Gasteiger partial charge < -0.3 is 10.8 Å². The number of nitrogens with two attached hydrogens (primary N) is 1. The van der Waals surface area contributed by atoms with E-state index >= 15 is 0 Å². The highest BCUT2D eigenvalue weighted by atomic mass is 16.3. The Morgan fingerprint density at radius 3 is 0.968 bits per heavy atom. The molecule has 0 aromatic carbocycles. The van der Waals surface area contributed by atoms with Crippen LogP contribution in [-0.2, 0) is 4.79 Å². The first-order valence-corrected chi connectivity index (χ1v) is 14.2. The van der Waals surface area contributed by atoms with Crippen LogP contribution in [0.4, 0.5) is 0 Å². The molecule has 0 aromatic heterocycles. The van der Waals surface area contributed by atoms with E-state index in [0.29, 0.717) is 6.42 Å². The Morgan fingerprint density at radius 2 is 0.742 bits per heavy atom. The summed E-state index contributed by atoms with van der Waals surface area (Å²) in [6.45, 7) is 2.29. The summed E-state index contributed by atoms with van der Waals surface area (Å²) in [5.41, 5.74) is 5.05. The number of hydrogen-bond acceptors (Lipinski definition) is 2. The first-order valence-electron chi connectivity index (χ1n) is 14.2. The van der Waals surface area contributed by atoms with Gasteiger partial charge in [-0.1, -0.05) is 161 Å².